The molecule has 0 aromatic rings. The minimum atomic E-state index is -0.865. The van der Waals surface area contributed by atoms with E-state index in [4.69, 9.17) is 15.2 Å². The molecule has 0 saturated carbocycles. The fourth-order valence-corrected chi connectivity index (χ4v) is 5.36. The van der Waals surface area contributed by atoms with Gasteiger partial charge in [0, 0.05) is 12.8 Å². The van der Waals surface area contributed by atoms with E-state index >= 15 is 0 Å². The maximum Gasteiger partial charge on any atom is 0.305 e. The second kappa shape index (κ2) is 33.7. The molecule has 0 atom stereocenters. The third-order valence-electron chi connectivity index (χ3n) is 8.41. The summed E-state index contributed by atoms with van der Waals surface area (Å²) in [4.78, 5) is 24.3. The number of ether oxygens (including phenoxy) is 2. The first-order valence-corrected chi connectivity index (χ1v) is 19.3. The molecule has 0 fully saturated rings. The van der Waals surface area contributed by atoms with E-state index in [2.05, 4.69) is 38.2 Å². The lowest BCUT2D eigenvalue weighted by Crippen LogP contribution is -2.46. The largest absolute Gasteiger partial charge is 0.464 e. The molecule has 0 saturated heterocycles. The smallest absolute Gasteiger partial charge is 0.305 e. The van der Waals surface area contributed by atoms with Gasteiger partial charge in [0.15, 0.2) is 0 Å². The number of hydrogen-bond donors (Lipinski definition) is 1. The van der Waals surface area contributed by atoms with Gasteiger partial charge in [-0.05, 0) is 71.1 Å². The molecular weight excluding hydrogens is 558 g/mol. The summed E-state index contributed by atoms with van der Waals surface area (Å²) < 4.78 is 10.8. The minimum Gasteiger partial charge on any atom is -0.464 e. The lowest BCUT2D eigenvalue weighted by atomic mass is 10.1. The van der Waals surface area contributed by atoms with Crippen molar-refractivity contribution in [2.75, 3.05) is 13.2 Å². The Hall–Kier alpha value is -1.62. The Kier molecular flexibility index (Phi) is 32.5. The van der Waals surface area contributed by atoms with E-state index in [1.54, 1.807) is 6.92 Å². The summed E-state index contributed by atoms with van der Waals surface area (Å²) in [6.07, 6.45) is 42.2. The fourth-order valence-electron chi connectivity index (χ4n) is 5.36. The van der Waals surface area contributed by atoms with Crippen LogP contribution in [0.3, 0.4) is 0 Å². The van der Waals surface area contributed by atoms with Crippen LogP contribution in [0.25, 0.3) is 0 Å². The zero-order chi connectivity index (χ0) is 33.1. The van der Waals surface area contributed by atoms with Crippen LogP contribution in [-0.4, -0.2) is 30.7 Å². The summed E-state index contributed by atoms with van der Waals surface area (Å²) in [6.45, 7) is 6.42. The van der Waals surface area contributed by atoms with Gasteiger partial charge in [-0.2, -0.15) is 0 Å². The molecule has 0 aliphatic heterocycles. The van der Waals surface area contributed by atoms with E-state index in [0.717, 1.165) is 51.4 Å². The highest BCUT2D eigenvalue weighted by Crippen LogP contribution is 2.13. The van der Waals surface area contributed by atoms with Crippen molar-refractivity contribution in [3.8, 4) is 0 Å². The Morgan fingerprint density at radius 1 is 0.467 bits per heavy atom. The lowest BCUT2D eigenvalue weighted by molar-refractivity contribution is -0.149. The average molecular weight is 634 g/mol. The molecule has 0 spiro atoms. The van der Waals surface area contributed by atoms with Crippen LogP contribution in [-0.2, 0) is 19.1 Å². The molecule has 0 heterocycles. The summed E-state index contributed by atoms with van der Waals surface area (Å²) in [6, 6.07) is 0. The zero-order valence-corrected chi connectivity index (χ0v) is 30.2. The highest BCUT2D eigenvalue weighted by atomic mass is 16.5. The standard InChI is InChI=1S/C40H75NO4/c1-4-6-8-10-12-14-16-18-20-22-24-26-28-30-32-34-38(42)44-36-40(3,41)37-45-39(43)35-33-31-29-27-25-23-21-19-17-15-13-11-9-7-5-2/h18-21H,4-17,22-37,41H2,1-3H3. The topological polar surface area (TPSA) is 78.6 Å². The first kappa shape index (κ1) is 43.4. The molecule has 0 rings (SSSR count). The number of rotatable bonds is 34. The van der Waals surface area contributed by atoms with Crippen LogP contribution in [0.1, 0.15) is 201 Å². The molecule has 0 amide bonds. The van der Waals surface area contributed by atoms with Gasteiger partial charge in [0.05, 0.1) is 5.54 Å². The van der Waals surface area contributed by atoms with Crippen LogP contribution in [0.15, 0.2) is 24.3 Å². The second-order valence-corrected chi connectivity index (χ2v) is 13.6. The highest BCUT2D eigenvalue weighted by Gasteiger charge is 2.23. The number of carbonyl (C=O) groups excluding carboxylic acids is 2. The summed E-state index contributed by atoms with van der Waals surface area (Å²) in [5.74, 6) is -0.437. The highest BCUT2D eigenvalue weighted by molar-refractivity contribution is 5.70. The van der Waals surface area contributed by atoms with Crippen LogP contribution in [0.4, 0.5) is 0 Å². The first-order chi connectivity index (χ1) is 21.9. The van der Waals surface area contributed by atoms with Gasteiger partial charge in [-0.1, -0.05) is 141 Å². The fraction of sp³-hybridized carbons (Fsp3) is 0.850. The number of allylic oxidation sites excluding steroid dienone is 4. The third-order valence-corrected chi connectivity index (χ3v) is 8.41. The van der Waals surface area contributed by atoms with Crippen molar-refractivity contribution < 1.29 is 19.1 Å². The van der Waals surface area contributed by atoms with Crippen LogP contribution < -0.4 is 5.73 Å². The van der Waals surface area contributed by atoms with Crippen molar-refractivity contribution in [3.05, 3.63) is 24.3 Å². The Labute approximate surface area is 279 Å². The lowest BCUT2D eigenvalue weighted by Gasteiger charge is -2.23. The third kappa shape index (κ3) is 35.1. The second-order valence-electron chi connectivity index (χ2n) is 13.6. The van der Waals surface area contributed by atoms with Crippen molar-refractivity contribution in [2.24, 2.45) is 5.73 Å². The number of hydrogen-bond acceptors (Lipinski definition) is 5. The normalized spacial score (nSPS) is 13.1. The zero-order valence-electron chi connectivity index (χ0n) is 30.2. The van der Waals surface area contributed by atoms with Crippen molar-refractivity contribution in [1.29, 1.82) is 0 Å². The maximum absolute atomic E-state index is 12.1. The Morgan fingerprint density at radius 3 is 1.04 bits per heavy atom. The van der Waals surface area contributed by atoms with E-state index in [-0.39, 0.29) is 25.2 Å². The molecule has 0 aromatic carbocycles. The van der Waals surface area contributed by atoms with E-state index in [1.807, 2.05) is 0 Å². The van der Waals surface area contributed by atoms with Crippen molar-refractivity contribution in [1.82, 2.24) is 0 Å². The van der Waals surface area contributed by atoms with E-state index in [0.29, 0.717) is 12.8 Å². The van der Waals surface area contributed by atoms with Crippen LogP contribution >= 0.6 is 0 Å². The van der Waals surface area contributed by atoms with Gasteiger partial charge >= 0.3 is 11.9 Å². The molecule has 2 N–H and O–H groups in total. The molecule has 5 nitrogen and oxygen atoms in total. The molecule has 0 aliphatic rings. The molecule has 0 aliphatic carbocycles. The van der Waals surface area contributed by atoms with E-state index in [1.165, 1.54) is 116 Å². The molecule has 264 valence electrons. The van der Waals surface area contributed by atoms with E-state index in [9.17, 15) is 9.59 Å². The van der Waals surface area contributed by atoms with Gasteiger partial charge < -0.3 is 15.2 Å². The molecule has 0 bridgehead atoms. The van der Waals surface area contributed by atoms with Crippen molar-refractivity contribution >= 4 is 11.9 Å². The number of carbonyl (C=O) groups is 2. The maximum atomic E-state index is 12.1. The SMILES string of the molecule is CCCCCCCCC=CCCCCCCCC(=O)OCC(C)(N)COC(=O)CCCCCCCC=CCCCCCCCC. The Morgan fingerprint density at radius 2 is 0.733 bits per heavy atom. The predicted octanol–water partition coefficient (Wildman–Crippen LogP) is 11.9. The molecule has 45 heavy (non-hydrogen) atoms. The summed E-state index contributed by atoms with van der Waals surface area (Å²) in [5.41, 5.74) is 5.35. The molecule has 0 radical (unpaired) electrons. The van der Waals surface area contributed by atoms with Crippen molar-refractivity contribution in [3.63, 3.8) is 0 Å². The van der Waals surface area contributed by atoms with Crippen molar-refractivity contribution in [2.45, 2.75) is 206 Å². The number of nitrogens with two attached hydrogens (primary N) is 1. The Bertz CT molecular complexity index is 657. The van der Waals surface area contributed by atoms with E-state index < -0.39 is 5.54 Å². The minimum absolute atomic E-state index is 0.0671. The van der Waals surface area contributed by atoms with Gasteiger partial charge in [-0.3, -0.25) is 9.59 Å². The molecule has 0 unspecified atom stereocenters. The average Bonchev–Trinajstić information content (AvgIpc) is 3.03. The van der Waals surface area contributed by atoms with Gasteiger partial charge in [0.1, 0.15) is 13.2 Å². The summed E-state index contributed by atoms with van der Waals surface area (Å²) >= 11 is 0. The molecular formula is C40H75NO4. The molecule has 0 aromatic heterocycles. The molecule has 5 heteroatoms. The van der Waals surface area contributed by atoms with Gasteiger partial charge in [-0.15, -0.1) is 0 Å². The quantitative estimate of drug-likeness (QED) is 0.0433. The predicted molar refractivity (Wildman–Crippen MR) is 193 cm³/mol. The van der Waals surface area contributed by atoms with Crippen LogP contribution in [0.2, 0.25) is 0 Å². The summed E-state index contributed by atoms with van der Waals surface area (Å²) in [5, 5.41) is 0. The number of esters is 2. The number of unbranched alkanes of at least 4 members (excludes halogenated alkanes) is 22. The first-order valence-electron chi connectivity index (χ1n) is 19.3. The Balaban J connectivity index is 3.58. The van der Waals surface area contributed by atoms with Crippen LogP contribution in [0, 0.1) is 0 Å². The van der Waals surface area contributed by atoms with Gasteiger partial charge in [0.2, 0.25) is 0 Å². The van der Waals surface area contributed by atoms with Crippen LogP contribution in [0.5, 0.6) is 0 Å². The monoisotopic (exact) mass is 634 g/mol. The van der Waals surface area contributed by atoms with Gasteiger partial charge in [0.25, 0.3) is 0 Å². The van der Waals surface area contributed by atoms with Gasteiger partial charge in [-0.25, -0.2) is 0 Å². The summed E-state index contributed by atoms with van der Waals surface area (Å²) in [7, 11) is 0.